The van der Waals surface area contributed by atoms with E-state index in [1.54, 1.807) is 0 Å². The summed E-state index contributed by atoms with van der Waals surface area (Å²) in [6.45, 7) is -5.11. The largest absolute Gasteiger partial charge is 0.453 e. The number of thioether (sulfide) groups is 1. The van der Waals surface area contributed by atoms with Crippen LogP contribution in [0.2, 0.25) is 0 Å². The highest BCUT2D eigenvalue weighted by atomic mass is 32.3. The number of nitrogens with zero attached hydrogens (tertiary/aromatic N) is 5. The summed E-state index contributed by atoms with van der Waals surface area (Å²) in [4.78, 5) is 0. The molecule has 2 aromatic rings. The fourth-order valence-corrected chi connectivity index (χ4v) is 9.95. The number of aromatic nitrogens is 4. The highest BCUT2D eigenvalue weighted by molar-refractivity contribution is 8.27. The summed E-state index contributed by atoms with van der Waals surface area (Å²) in [5.41, 5.74) is 0. The summed E-state index contributed by atoms with van der Waals surface area (Å²) in [6, 6.07) is 0. The molecule has 1 aliphatic rings. The summed E-state index contributed by atoms with van der Waals surface area (Å²) >= 11 is 13.1. The van der Waals surface area contributed by atoms with Gasteiger partial charge in [0.15, 0.2) is 16.2 Å². The molecule has 0 saturated heterocycles. The lowest BCUT2D eigenvalue weighted by molar-refractivity contribution is -0.285. The van der Waals surface area contributed by atoms with Gasteiger partial charge in [-0.3, -0.25) is 4.39 Å². The zero-order chi connectivity index (χ0) is 43.5. The molecule has 0 bridgehead atoms. The number of fused-ring (bicyclic) bond motifs is 1. The van der Waals surface area contributed by atoms with E-state index >= 15 is 0 Å². The fraction of sp³-hybridized carbons (Fsp3) is 0.760. The van der Waals surface area contributed by atoms with Crippen molar-refractivity contribution in [3.63, 3.8) is 0 Å². The van der Waals surface area contributed by atoms with Crippen LogP contribution >= 0.6 is 72.0 Å². The first kappa shape index (κ1) is 51.0. The van der Waals surface area contributed by atoms with E-state index in [-0.39, 0.29) is 43.6 Å². The Hall–Kier alpha value is -1.18. The van der Waals surface area contributed by atoms with Crippen molar-refractivity contribution >= 4 is 72.0 Å². The van der Waals surface area contributed by atoms with Crippen LogP contribution < -0.4 is 0 Å². The molecule has 0 amide bonds. The van der Waals surface area contributed by atoms with E-state index in [0.717, 1.165) is 32.8 Å². The third-order valence-electron chi connectivity index (χ3n) is 6.89. The second-order valence-corrected chi connectivity index (χ2v) is 16.5. The zero-order valence-corrected chi connectivity index (χ0v) is 32.4. The van der Waals surface area contributed by atoms with Crippen molar-refractivity contribution < 1.29 is 87.8 Å². The van der Waals surface area contributed by atoms with Crippen LogP contribution in [0.15, 0.2) is 20.1 Å². The molecule has 0 atom stereocenters. The Morgan fingerprint density at radius 1 is 0.536 bits per heavy atom. The first-order valence-electron chi connectivity index (χ1n) is 14.9. The minimum absolute atomic E-state index is 0.0213. The molecular formula is C25H25F20N5S6. The molecule has 0 radical (unpaired) electrons. The van der Waals surface area contributed by atoms with E-state index in [9.17, 15) is 87.8 Å². The second kappa shape index (κ2) is 19.0. The normalized spacial score (nSPS) is 15.0. The average Bonchev–Trinajstić information content (AvgIpc) is 3.63. The molecule has 5 nitrogen and oxygen atoms in total. The molecule has 0 unspecified atom stereocenters. The van der Waals surface area contributed by atoms with Crippen molar-refractivity contribution in [1.82, 2.24) is 21.4 Å². The molecule has 0 spiro atoms. The Balaban J connectivity index is 0.00000167. The predicted octanol–water partition coefficient (Wildman–Crippen LogP) is 13.1. The van der Waals surface area contributed by atoms with Crippen molar-refractivity contribution in [2.75, 3.05) is 19.1 Å². The summed E-state index contributed by atoms with van der Waals surface area (Å²) in [6.07, 6.45) is -28.2. The minimum Gasteiger partial charge on any atom is -0.311 e. The van der Waals surface area contributed by atoms with Crippen LogP contribution in [-0.2, 0) is 26.2 Å². The van der Waals surface area contributed by atoms with Crippen molar-refractivity contribution in [2.24, 2.45) is 0 Å². The van der Waals surface area contributed by atoms with Crippen LogP contribution in [0.5, 0.6) is 0 Å². The van der Waals surface area contributed by atoms with Gasteiger partial charge in [0, 0.05) is 81.3 Å². The molecule has 31 heteroatoms. The van der Waals surface area contributed by atoms with E-state index in [0.29, 0.717) is 28.5 Å². The Labute approximate surface area is 330 Å². The summed E-state index contributed by atoms with van der Waals surface area (Å²) in [5.74, 6) is -15.6. The smallest absolute Gasteiger partial charge is 0.311 e. The number of imidazole rings is 2. The number of alkyl halides is 20. The van der Waals surface area contributed by atoms with E-state index in [1.807, 2.05) is 0 Å². The lowest BCUT2D eigenvalue weighted by Crippen LogP contribution is -2.37. The number of halogens is 20. The molecule has 2 aromatic heterocycles. The third kappa shape index (κ3) is 12.7. The standard InChI is InChI=1S/C23H23F16N5S6.C2H2F4/c1-2-47-12-13(42(10-5-19(27,28)22(34,35)36)17(46)41(12)9-4-18(25,26)21(31,32)33)48-44-49-14-15(50-44)43(16(45)40(14)8-3-7-24)11-6-20(29,30)23(37,38)39;3-1-2(4,5)6/h2-11H2,1H3;1H2. The molecule has 1 aliphatic heterocycles. The first-order valence-corrected chi connectivity index (χ1v) is 19.0. The Morgan fingerprint density at radius 3 is 1.21 bits per heavy atom. The summed E-state index contributed by atoms with van der Waals surface area (Å²) in [7, 11) is 0. The molecule has 326 valence electrons. The van der Waals surface area contributed by atoms with Gasteiger partial charge in [-0.1, -0.05) is 6.92 Å². The monoisotopic (exact) mass is 967 g/mol. The predicted molar refractivity (Wildman–Crippen MR) is 172 cm³/mol. The summed E-state index contributed by atoms with van der Waals surface area (Å²) in [5, 5.41) is -0.370. The molecule has 0 saturated carbocycles. The van der Waals surface area contributed by atoms with Crippen molar-refractivity contribution in [1.29, 1.82) is 0 Å². The molecule has 3 rings (SSSR count). The fourth-order valence-electron chi connectivity index (χ4n) is 4.10. The zero-order valence-electron chi connectivity index (χ0n) is 27.5. The topological polar surface area (TPSA) is 23.0 Å². The maximum atomic E-state index is 14.0. The Morgan fingerprint density at radius 2 is 0.875 bits per heavy atom. The van der Waals surface area contributed by atoms with E-state index in [4.69, 9.17) is 24.4 Å². The lowest BCUT2D eigenvalue weighted by atomic mass is 10.2. The van der Waals surface area contributed by atoms with Gasteiger partial charge in [0.2, 0.25) is 0 Å². The average molecular weight is 968 g/mol. The van der Waals surface area contributed by atoms with Gasteiger partial charge in [-0.25, -0.2) is 4.39 Å². The Kier molecular flexibility index (Phi) is 17.3. The maximum absolute atomic E-state index is 14.0. The molecule has 56 heavy (non-hydrogen) atoms. The van der Waals surface area contributed by atoms with Crippen LogP contribution in [0.1, 0.15) is 32.6 Å². The van der Waals surface area contributed by atoms with Crippen LogP contribution in [0.25, 0.3) is 0 Å². The third-order valence-corrected chi connectivity index (χ3v) is 12.6. The van der Waals surface area contributed by atoms with Gasteiger partial charge < -0.3 is 18.3 Å². The van der Waals surface area contributed by atoms with Gasteiger partial charge in [-0.2, -0.15) is 79.0 Å². The van der Waals surface area contributed by atoms with Gasteiger partial charge in [-0.15, -0.1) is 14.9 Å². The van der Waals surface area contributed by atoms with E-state index in [2.05, 4.69) is 0 Å². The molecule has 0 fully saturated rings. The van der Waals surface area contributed by atoms with Gasteiger partial charge >= 0.3 is 42.5 Å². The van der Waals surface area contributed by atoms with Crippen molar-refractivity contribution in [3.05, 3.63) is 9.54 Å². The molecule has 3 heterocycles. The second-order valence-electron chi connectivity index (χ2n) is 11.0. The Bertz CT molecular complexity index is 1720. The highest BCUT2D eigenvalue weighted by Gasteiger charge is 2.58. The molecule has 0 aliphatic carbocycles. The highest BCUT2D eigenvalue weighted by Crippen LogP contribution is 2.55. The van der Waals surface area contributed by atoms with Gasteiger partial charge in [0.25, 0.3) is 0 Å². The van der Waals surface area contributed by atoms with Gasteiger partial charge in [-0.05, 0) is 36.6 Å². The van der Waals surface area contributed by atoms with Crippen molar-refractivity contribution in [2.45, 2.75) is 121 Å². The number of rotatable bonds is 16. The van der Waals surface area contributed by atoms with Crippen LogP contribution in [0.4, 0.5) is 87.8 Å². The lowest BCUT2D eigenvalue weighted by Gasteiger charge is -2.21. The molecule has 0 N–H and O–H groups in total. The van der Waals surface area contributed by atoms with Gasteiger partial charge in [0.05, 0.1) is 6.67 Å². The SMILES string of the molecule is CCSc1c(SN2Sc3c(n(CCC(F)(F)C(F)(F)F)c(=S)n3CCCF)S2)n(CCC(F)(F)C(F)(F)F)c(=S)n1CCC(F)(F)C(F)(F)F.FCC(F)(F)F. The molecular weight excluding hydrogens is 943 g/mol. The van der Waals surface area contributed by atoms with Crippen LogP contribution in [0, 0.1) is 9.54 Å². The van der Waals surface area contributed by atoms with E-state index < -0.39 is 99.5 Å². The van der Waals surface area contributed by atoms with Crippen molar-refractivity contribution in [3.8, 4) is 0 Å². The summed E-state index contributed by atoms with van der Waals surface area (Å²) < 4.78 is 258. The quantitative estimate of drug-likeness (QED) is 0.0715. The van der Waals surface area contributed by atoms with Gasteiger partial charge in [0.1, 0.15) is 20.1 Å². The maximum Gasteiger partial charge on any atom is 0.453 e. The minimum atomic E-state index is -6.01. The van der Waals surface area contributed by atoms with E-state index in [1.165, 1.54) is 14.6 Å². The molecule has 0 aromatic carbocycles. The number of hydrogen-bond donors (Lipinski definition) is 0. The first-order chi connectivity index (χ1) is 25.3. The number of hydrogen-bond acceptors (Lipinski definition) is 7. The van der Waals surface area contributed by atoms with Crippen LogP contribution in [0.3, 0.4) is 0 Å². The van der Waals surface area contributed by atoms with Crippen LogP contribution in [-0.4, -0.2) is 83.0 Å².